The maximum absolute atomic E-state index is 5.94. The molecule has 0 amide bonds. The van der Waals surface area contributed by atoms with Gasteiger partial charge in [0.1, 0.15) is 0 Å². The molecule has 0 radical (unpaired) electrons. The zero-order valence-corrected chi connectivity index (χ0v) is 8.36. The van der Waals surface area contributed by atoms with Crippen molar-refractivity contribution in [2.24, 2.45) is 5.92 Å². The van der Waals surface area contributed by atoms with Crippen LogP contribution < -0.4 is 0 Å². The summed E-state index contributed by atoms with van der Waals surface area (Å²) in [6, 6.07) is 0. The van der Waals surface area contributed by atoms with E-state index in [-0.39, 0.29) is 0 Å². The van der Waals surface area contributed by atoms with E-state index in [1.807, 2.05) is 0 Å². The summed E-state index contributed by atoms with van der Waals surface area (Å²) in [6.45, 7) is 0. The standard InChI is InChI=1S/C7H12ClI/c8-7-3-1-6(5-9)2-4-7/h6-7H,1-5H2. The Kier molecular flexibility index (Phi) is 3.62. The molecule has 1 rings (SSSR count). The van der Waals surface area contributed by atoms with Gasteiger partial charge in [-0.25, -0.2) is 0 Å². The molecule has 0 aliphatic heterocycles. The summed E-state index contributed by atoms with van der Waals surface area (Å²) in [7, 11) is 0. The van der Waals surface area contributed by atoms with Crippen molar-refractivity contribution in [3.8, 4) is 0 Å². The van der Waals surface area contributed by atoms with Gasteiger partial charge in [-0.3, -0.25) is 0 Å². The molecule has 0 unspecified atom stereocenters. The zero-order valence-electron chi connectivity index (χ0n) is 5.45. The Balaban J connectivity index is 2.18. The first-order valence-electron chi connectivity index (χ1n) is 3.53. The molecule has 0 spiro atoms. The summed E-state index contributed by atoms with van der Waals surface area (Å²) in [5.74, 6) is 0.973. The molecule has 0 heterocycles. The molecule has 9 heavy (non-hydrogen) atoms. The van der Waals surface area contributed by atoms with Crippen LogP contribution in [0.2, 0.25) is 0 Å². The van der Waals surface area contributed by atoms with E-state index in [1.165, 1.54) is 30.1 Å². The van der Waals surface area contributed by atoms with Crippen LogP contribution in [-0.2, 0) is 0 Å². The van der Waals surface area contributed by atoms with E-state index < -0.39 is 0 Å². The smallest absolute Gasteiger partial charge is 0.0336 e. The van der Waals surface area contributed by atoms with Gasteiger partial charge >= 0.3 is 0 Å². The van der Waals surface area contributed by atoms with Gasteiger partial charge in [0.15, 0.2) is 0 Å². The lowest BCUT2D eigenvalue weighted by molar-refractivity contribution is 0.400. The van der Waals surface area contributed by atoms with Crippen molar-refractivity contribution < 1.29 is 0 Å². The lowest BCUT2D eigenvalue weighted by atomic mass is 9.91. The minimum atomic E-state index is 0.490. The molecule has 0 saturated heterocycles. The Bertz CT molecular complexity index is 77.0. The highest BCUT2D eigenvalue weighted by Gasteiger charge is 2.17. The molecule has 0 N–H and O–H groups in total. The molecule has 1 fully saturated rings. The second-order valence-corrected chi connectivity index (χ2v) is 4.27. The minimum Gasteiger partial charge on any atom is -0.123 e. The maximum atomic E-state index is 5.94. The van der Waals surface area contributed by atoms with Gasteiger partial charge in [0.05, 0.1) is 0 Å². The van der Waals surface area contributed by atoms with Crippen LogP contribution in [0.25, 0.3) is 0 Å². The van der Waals surface area contributed by atoms with Crippen LogP contribution >= 0.6 is 34.2 Å². The van der Waals surface area contributed by atoms with Crippen LogP contribution in [0.4, 0.5) is 0 Å². The molecule has 0 bridgehead atoms. The molecule has 1 saturated carbocycles. The van der Waals surface area contributed by atoms with E-state index in [1.54, 1.807) is 0 Å². The molecule has 0 nitrogen and oxygen atoms in total. The molecular formula is C7H12ClI. The van der Waals surface area contributed by atoms with Crippen molar-refractivity contribution in [3.63, 3.8) is 0 Å². The fourth-order valence-electron chi connectivity index (χ4n) is 1.28. The highest BCUT2D eigenvalue weighted by molar-refractivity contribution is 14.1. The Labute approximate surface area is 75.5 Å². The first-order chi connectivity index (χ1) is 4.33. The van der Waals surface area contributed by atoms with Crippen molar-refractivity contribution >= 4 is 34.2 Å². The minimum absolute atomic E-state index is 0.490. The number of hydrogen-bond acceptors (Lipinski definition) is 0. The van der Waals surface area contributed by atoms with E-state index in [2.05, 4.69) is 22.6 Å². The van der Waals surface area contributed by atoms with Crippen LogP contribution in [0.3, 0.4) is 0 Å². The van der Waals surface area contributed by atoms with E-state index >= 15 is 0 Å². The normalized spacial score (nSPS) is 36.7. The van der Waals surface area contributed by atoms with Crippen LogP contribution in [0.15, 0.2) is 0 Å². The van der Waals surface area contributed by atoms with Crippen LogP contribution in [0.5, 0.6) is 0 Å². The van der Waals surface area contributed by atoms with Gasteiger partial charge in [-0.05, 0) is 31.6 Å². The molecule has 0 aromatic carbocycles. The van der Waals surface area contributed by atoms with Crippen molar-refractivity contribution in [1.29, 1.82) is 0 Å². The van der Waals surface area contributed by atoms with Crippen LogP contribution in [0.1, 0.15) is 25.7 Å². The number of rotatable bonds is 1. The number of alkyl halides is 2. The largest absolute Gasteiger partial charge is 0.123 e. The lowest BCUT2D eigenvalue weighted by Crippen LogP contribution is -2.14. The SMILES string of the molecule is ClC1CCC(CI)CC1. The summed E-state index contributed by atoms with van der Waals surface area (Å²) >= 11 is 8.41. The summed E-state index contributed by atoms with van der Waals surface area (Å²) in [4.78, 5) is 0. The quantitative estimate of drug-likeness (QED) is 0.500. The van der Waals surface area contributed by atoms with Gasteiger partial charge in [0.25, 0.3) is 0 Å². The van der Waals surface area contributed by atoms with Crippen molar-refractivity contribution in [1.82, 2.24) is 0 Å². The van der Waals surface area contributed by atoms with Gasteiger partial charge in [0, 0.05) is 9.80 Å². The monoisotopic (exact) mass is 258 g/mol. The Morgan fingerprint density at radius 1 is 1.22 bits per heavy atom. The van der Waals surface area contributed by atoms with E-state index in [0.29, 0.717) is 5.38 Å². The third-order valence-corrected chi connectivity index (χ3v) is 3.68. The highest BCUT2D eigenvalue weighted by atomic mass is 127. The second-order valence-electron chi connectivity index (χ2n) is 2.77. The molecular weight excluding hydrogens is 246 g/mol. The van der Waals surface area contributed by atoms with Crippen molar-refractivity contribution in [3.05, 3.63) is 0 Å². The average molecular weight is 259 g/mol. The summed E-state index contributed by atoms with van der Waals surface area (Å²) < 4.78 is 1.32. The van der Waals surface area contributed by atoms with Gasteiger partial charge in [-0.15, -0.1) is 11.6 Å². The van der Waals surface area contributed by atoms with Crippen molar-refractivity contribution in [2.75, 3.05) is 4.43 Å². The fraction of sp³-hybridized carbons (Fsp3) is 1.00. The Morgan fingerprint density at radius 3 is 2.22 bits per heavy atom. The molecule has 2 heteroatoms. The molecule has 1 aliphatic rings. The van der Waals surface area contributed by atoms with Gasteiger partial charge in [-0.1, -0.05) is 22.6 Å². The molecule has 0 aromatic heterocycles. The zero-order chi connectivity index (χ0) is 6.69. The second kappa shape index (κ2) is 4.02. The van der Waals surface area contributed by atoms with Crippen LogP contribution in [0, 0.1) is 5.92 Å². The molecule has 0 atom stereocenters. The average Bonchev–Trinajstić information content (AvgIpc) is 1.90. The topological polar surface area (TPSA) is 0 Å². The number of hydrogen-bond donors (Lipinski definition) is 0. The molecule has 1 aliphatic carbocycles. The van der Waals surface area contributed by atoms with Crippen molar-refractivity contribution in [2.45, 2.75) is 31.1 Å². The summed E-state index contributed by atoms with van der Waals surface area (Å²) in [5, 5.41) is 0.490. The first-order valence-corrected chi connectivity index (χ1v) is 5.49. The summed E-state index contributed by atoms with van der Waals surface area (Å²) in [6.07, 6.45) is 5.21. The Morgan fingerprint density at radius 2 is 1.78 bits per heavy atom. The maximum Gasteiger partial charge on any atom is 0.0336 e. The third kappa shape index (κ3) is 2.62. The Hall–Kier alpha value is 1.02. The fourth-order valence-corrected chi connectivity index (χ4v) is 2.41. The van der Waals surface area contributed by atoms with E-state index in [0.717, 1.165) is 5.92 Å². The van der Waals surface area contributed by atoms with Gasteiger partial charge < -0.3 is 0 Å². The van der Waals surface area contributed by atoms with E-state index in [9.17, 15) is 0 Å². The number of halogens is 2. The summed E-state index contributed by atoms with van der Waals surface area (Å²) in [5.41, 5.74) is 0. The van der Waals surface area contributed by atoms with Gasteiger partial charge in [0.2, 0.25) is 0 Å². The van der Waals surface area contributed by atoms with Crippen LogP contribution in [-0.4, -0.2) is 9.80 Å². The van der Waals surface area contributed by atoms with Gasteiger partial charge in [-0.2, -0.15) is 0 Å². The van der Waals surface area contributed by atoms with E-state index in [4.69, 9.17) is 11.6 Å². The molecule has 54 valence electrons. The molecule has 0 aromatic rings. The predicted octanol–water partition coefficient (Wildman–Crippen LogP) is 3.22. The highest BCUT2D eigenvalue weighted by Crippen LogP contribution is 2.28. The first kappa shape index (κ1) is 8.12. The third-order valence-electron chi connectivity index (χ3n) is 1.99. The predicted molar refractivity (Wildman–Crippen MR) is 50.5 cm³/mol. The lowest BCUT2D eigenvalue weighted by Gasteiger charge is -2.22.